The van der Waals surface area contributed by atoms with Gasteiger partial charge in [-0.1, -0.05) is 6.07 Å². The lowest BCUT2D eigenvalue weighted by molar-refractivity contribution is 0.262. The van der Waals surface area contributed by atoms with E-state index in [1.807, 2.05) is 19.1 Å². The number of anilines is 3. The molecule has 0 fully saturated rings. The lowest BCUT2D eigenvalue weighted by Crippen LogP contribution is -2.20. The number of nitrogen functional groups attached to an aromatic ring is 1. The molecular weight excluding hydrogens is 228 g/mol. The molecule has 1 heterocycles. The number of pyridine rings is 1. The molecule has 0 saturated carbocycles. The molecule has 0 radical (unpaired) electrons. The van der Waals surface area contributed by atoms with Crippen LogP contribution in [-0.2, 0) is 0 Å². The van der Waals surface area contributed by atoms with E-state index >= 15 is 0 Å². The minimum absolute atomic E-state index is 0.332. The van der Waals surface area contributed by atoms with Gasteiger partial charge in [0.15, 0.2) is 0 Å². The summed E-state index contributed by atoms with van der Waals surface area (Å²) in [6.07, 6.45) is 1.63. The van der Waals surface area contributed by atoms with E-state index in [0.29, 0.717) is 17.2 Å². The van der Waals surface area contributed by atoms with Gasteiger partial charge in [0.1, 0.15) is 5.82 Å². The maximum atomic E-state index is 11.7. The van der Waals surface area contributed by atoms with Crippen LogP contribution in [0.3, 0.4) is 0 Å². The topological polar surface area (TPSA) is 80.0 Å². The Morgan fingerprint density at radius 3 is 2.56 bits per heavy atom. The number of carbonyl (C=O) groups is 1. The number of aryl methyl sites for hydroxylation is 1. The van der Waals surface area contributed by atoms with Crippen molar-refractivity contribution in [1.82, 2.24) is 4.98 Å². The second-order valence-electron chi connectivity index (χ2n) is 3.87. The maximum absolute atomic E-state index is 11.7. The highest BCUT2D eigenvalue weighted by molar-refractivity contribution is 5.99. The van der Waals surface area contributed by atoms with Crippen molar-refractivity contribution in [2.24, 2.45) is 0 Å². The van der Waals surface area contributed by atoms with Gasteiger partial charge in [0.25, 0.3) is 0 Å². The number of aromatic nitrogens is 1. The zero-order valence-electron chi connectivity index (χ0n) is 9.97. The third-order valence-corrected chi connectivity index (χ3v) is 2.41. The van der Waals surface area contributed by atoms with Gasteiger partial charge in [-0.2, -0.15) is 0 Å². The first-order chi connectivity index (χ1) is 8.65. The molecule has 0 aliphatic heterocycles. The number of hydrogen-bond acceptors (Lipinski definition) is 3. The van der Waals surface area contributed by atoms with Crippen LogP contribution in [-0.4, -0.2) is 11.0 Å². The fraction of sp³-hybridized carbons (Fsp3) is 0.0769. The lowest BCUT2D eigenvalue weighted by atomic mass is 10.3. The van der Waals surface area contributed by atoms with Gasteiger partial charge in [-0.25, -0.2) is 9.78 Å². The third kappa shape index (κ3) is 2.98. The zero-order valence-corrected chi connectivity index (χ0v) is 9.97. The van der Waals surface area contributed by atoms with Crippen molar-refractivity contribution >= 4 is 23.2 Å². The highest BCUT2D eigenvalue weighted by Crippen LogP contribution is 2.12. The molecule has 1 aromatic carbocycles. The molecule has 0 unspecified atom stereocenters. The Morgan fingerprint density at radius 2 is 1.89 bits per heavy atom. The van der Waals surface area contributed by atoms with Gasteiger partial charge in [-0.05, 0) is 42.8 Å². The number of nitrogens with zero attached hydrogens (tertiary/aromatic N) is 1. The molecule has 5 nitrogen and oxygen atoms in total. The Kier molecular flexibility index (Phi) is 3.43. The number of carbonyl (C=O) groups excluding carboxylic acids is 1. The van der Waals surface area contributed by atoms with Crippen LogP contribution >= 0.6 is 0 Å². The average molecular weight is 242 g/mol. The van der Waals surface area contributed by atoms with Gasteiger partial charge in [0, 0.05) is 17.6 Å². The molecule has 2 rings (SSSR count). The highest BCUT2D eigenvalue weighted by Gasteiger charge is 2.05. The van der Waals surface area contributed by atoms with E-state index in [4.69, 9.17) is 5.73 Å². The standard InChI is InChI=1S/C13H14N4O/c1-9-3-2-8-15-12(9)17-13(18)16-11-6-4-10(14)5-7-11/h2-8H,14H2,1H3,(H2,15,16,17,18). The van der Waals surface area contributed by atoms with Crippen molar-refractivity contribution < 1.29 is 4.79 Å². The fourth-order valence-electron chi connectivity index (χ4n) is 1.45. The Labute approximate surface area is 105 Å². The van der Waals surface area contributed by atoms with Crippen LogP contribution < -0.4 is 16.4 Å². The first kappa shape index (κ1) is 11.9. The molecule has 0 saturated heterocycles. The number of benzene rings is 1. The maximum Gasteiger partial charge on any atom is 0.324 e. The van der Waals surface area contributed by atoms with Gasteiger partial charge < -0.3 is 11.1 Å². The quantitative estimate of drug-likeness (QED) is 0.708. The predicted molar refractivity (Wildman–Crippen MR) is 72.5 cm³/mol. The Bertz CT molecular complexity index is 551. The van der Waals surface area contributed by atoms with E-state index in [9.17, 15) is 4.79 Å². The van der Waals surface area contributed by atoms with Gasteiger partial charge in [-0.3, -0.25) is 5.32 Å². The van der Waals surface area contributed by atoms with Crippen LogP contribution in [0.15, 0.2) is 42.6 Å². The number of nitrogens with two attached hydrogens (primary N) is 1. The molecule has 0 bridgehead atoms. The summed E-state index contributed by atoms with van der Waals surface area (Å²) in [6.45, 7) is 1.88. The van der Waals surface area contributed by atoms with Crippen molar-refractivity contribution in [3.63, 3.8) is 0 Å². The number of hydrogen-bond donors (Lipinski definition) is 3. The SMILES string of the molecule is Cc1cccnc1NC(=O)Nc1ccc(N)cc1. The van der Waals surface area contributed by atoms with Crippen LogP contribution in [0.25, 0.3) is 0 Å². The van der Waals surface area contributed by atoms with E-state index in [1.54, 1.807) is 30.5 Å². The van der Waals surface area contributed by atoms with Gasteiger partial charge in [0.2, 0.25) is 0 Å². The largest absolute Gasteiger partial charge is 0.399 e. The molecule has 0 aliphatic carbocycles. The van der Waals surface area contributed by atoms with E-state index in [1.165, 1.54) is 0 Å². The number of urea groups is 1. The van der Waals surface area contributed by atoms with Crippen molar-refractivity contribution in [1.29, 1.82) is 0 Å². The molecule has 1 aromatic heterocycles. The second kappa shape index (κ2) is 5.18. The minimum atomic E-state index is -0.332. The summed E-state index contributed by atoms with van der Waals surface area (Å²) in [6, 6.07) is 10.3. The molecule has 0 spiro atoms. The Balaban J connectivity index is 2.01. The van der Waals surface area contributed by atoms with Crippen molar-refractivity contribution in [2.75, 3.05) is 16.4 Å². The summed E-state index contributed by atoms with van der Waals surface area (Å²) in [5.41, 5.74) is 7.80. The highest BCUT2D eigenvalue weighted by atomic mass is 16.2. The third-order valence-electron chi connectivity index (χ3n) is 2.41. The van der Waals surface area contributed by atoms with Crippen LogP contribution in [0.1, 0.15) is 5.56 Å². The fourth-order valence-corrected chi connectivity index (χ4v) is 1.45. The molecule has 0 atom stereocenters. The minimum Gasteiger partial charge on any atom is -0.399 e. The van der Waals surface area contributed by atoms with E-state index in [-0.39, 0.29) is 6.03 Å². The Morgan fingerprint density at radius 1 is 1.17 bits per heavy atom. The molecule has 0 aliphatic rings. The van der Waals surface area contributed by atoms with Crippen LogP contribution in [0, 0.1) is 6.92 Å². The molecule has 2 aromatic rings. The second-order valence-corrected chi connectivity index (χ2v) is 3.87. The molecule has 92 valence electrons. The molecule has 4 N–H and O–H groups in total. The smallest absolute Gasteiger partial charge is 0.324 e. The normalized spacial score (nSPS) is 9.83. The first-order valence-corrected chi connectivity index (χ1v) is 5.50. The van der Waals surface area contributed by atoms with Gasteiger partial charge in [-0.15, -0.1) is 0 Å². The summed E-state index contributed by atoms with van der Waals surface area (Å²) in [7, 11) is 0. The predicted octanol–water partition coefficient (Wildman–Crippen LogP) is 2.62. The monoisotopic (exact) mass is 242 g/mol. The molecule has 2 amide bonds. The zero-order chi connectivity index (χ0) is 13.0. The van der Waals surface area contributed by atoms with Gasteiger partial charge >= 0.3 is 6.03 Å². The summed E-state index contributed by atoms with van der Waals surface area (Å²) in [4.78, 5) is 15.8. The van der Waals surface area contributed by atoms with Crippen molar-refractivity contribution in [3.05, 3.63) is 48.2 Å². The van der Waals surface area contributed by atoms with Crippen LogP contribution in [0.4, 0.5) is 22.0 Å². The van der Waals surface area contributed by atoms with E-state index < -0.39 is 0 Å². The summed E-state index contributed by atoms with van der Waals surface area (Å²) in [5.74, 6) is 0.547. The van der Waals surface area contributed by atoms with Gasteiger partial charge in [0.05, 0.1) is 0 Å². The van der Waals surface area contributed by atoms with Crippen LogP contribution in [0.2, 0.25) is 0 Å². The molecular formula is C13H14N4O. The first-order valence-electron chi connectivity index (χ1n) is 5.50. The van der Waals surface area contributed by atoms with E-state index in [2.05, 4.69) is 15.6 Å². The van der Waals surface area contributed by atoms with Crippen molar-refractivity contribution in [3.8, 4) is 0 Å². The number of amides is 2. The average Bonchev–Trinajstić information content (AvgIpc) is 2.35. The molecule has 18 heavy (non-hydrogen) atoms. The summed E-state index contributed by atoms with van der Waals surface area (Å²) >= 11 is 0. The van der Waals surface area contributed by atoms with Crippen molar-refractivity contribution in [2.45, 2.75) is 6.92 Å². The summed E-state index contributed by atoms with van der Waals surface area (Å²) < 4.78 is 0. The molecule has 5 heteroatoms. The number of rotatable bonds is 2. The van der Waals surface area contributed by atoms with Crippen LogP contribution in [0.5, 0.6) is 0 Å². The number of nitrogens with one attached hydrogen (secondary N) is 2. The van der Waals surface area contributed by atoms with E-state index in [0.717, 1.165) is 5.56 Å². The Hall–Kier alpha value is -2.56. The summed E-state index contributed by atoms with van der Waals surface area (Å²) in [5, 5.41) is 5.38. The lowest BCUT2D eigenvalue weighted by Gasteiger charge is -2.08.